The molecule has 138 valence electrons. The lowest BCUT2D eigenvalue weighted by Crippen LogP contribution is -2.25. The predicted octanol–water partition coefficient (Wildman–Crippen LogP) is 3.83. The molecule has 0 bridgehead atoms. The first-order chi connectivity index (χ1) is 12.9. The SMILES string of the molecule is CCOc1cc(C2c3c(oc4ccc(Br)cc4c3=O)C(=O)N2C)ccc1O. The molecule has 1 aromatic heterocycles. The maximum Gasteiger partial charge on any atom is 0.290 e. The summed E-state index contributed by atoms with van der Waals surface area (Å²) in [5.74, 6) is -0.00388. The fourth-order valence-electron chi connectivity index (χ4n) is 3.42. The van der Waals surface area contributed by atoms with Gasteiger partial charge in [-0.3, -0.25) is 9.59 Å². The van der Waals surface area contributed by atoms with Crippen LogP contribution in [-0.2, 0) is 0 Å². The molecule has 0 saturated carbocycles. The van der Waals surface area contributed by atoms with Gasteiger partial charge in [-0.1, -0.05) is 22.0 Å². The fourth-order valence-corrected chi connectivity index (χ4v) is 3.78. The van der Waals surface area contributed by atoms with E-state index in [1.54, 1.807) is 37.4 Å². The van der Waals surface area contributed by atoms with Crippen LogP contribution >= 0.6 is 15.9 Å². The van der Waals surface area contributed by atoms with Gasteiger partial charge in [-0.15, -0.1) is 0 Å². The van der Waals surface area contributed by atoms with Crippen LogP contribution in [0.1, 0.15) is 34.6 Å². The topological polar surface area (TPSA) is 80.0 Å². The molecule has 2 heterocycles. The van der Waals surface area contributed by atoms with Gasteiger partial charge in [0, 0.05) is 11.5 Å². The lowest BCUT2D eigenvalue weighted by molar-refractivity contribution is 0.0771. The van der Waals surface area contributed by atoms with Gasteiger partial charge >= 0.3 is 0 Å². The van der Waals surface area contributed by atoms with Crippen LogP contribution in [0.3, 0.4) is 0 Å². The van der Waals surface area contributed by atoms with E-state index >= 15 is 0 Å². The van der Waals surface area contributed by atoms with Gasteiger partial charge in [-0.2, -0.15) is 0 Å². The number of hydrogen-bond donors (Lipinski definition) is 1. The third kappa shape index (κ3) is 2.70. The van der Waals surface area contributed by atoms with Gasteiger partial charge in [0.25, 0.3) is 5.91 Å². The number of hydrogen-bond acceptors (Lipinski definition) is 5. The first kappa shape index (κ1) is 17.6. The van der Waals surface area contributed by atoms with E-state index in [1.165, 1.54) is 11.0 Å². The molecule has 0 saturated heterocycles. The standard InChI is InChI=1S/C20H16BrNO5/c1-3-26-15-8-10(4-6-13(15)23)17-16-18(24)12-9-11(21)5-7-14(12)27-19(16)20(25)22(17)2/h4-9,17,23H,3H2,1-2H3. The van der Waals surface area contributed by atoms with E-state index < -0.39 is 6.04 Å². The summed E-state index contributed by atoms with van der Waals surface area (Å²) >= 11 is 3.36. The number of carbonyl (C=O) groups excluding carboxylic acids is 1. The van der Waals surface area contributed by atoms with Crippen LogP contribution in [0, 0.1) is 0 Å². The molecule has 2 aromatic carbocycles. The second-order valence-electron chi connectivity index (χ2n) is 6.29. The molecule has 3 aromatic rings. The Labute approximate surface area is 163 Å². The molecular formula is C20H16BrNO5. The summed E-state index contributed by atoms with van der Waals surface area (Å²) in [4.78, 5) is 27.4. The lowest BCUT2D eigenvalue weighted by atomic mass is 9.98. The number of nitrogens with zero attached hydrogens (tertiary/aromatic N) is 1. The Morgan fingerprint density at radius 1 is 1.22 bits per heavy atom. The zero-order valence-electron chi connectivity index (χ0n) is 14.7. The Balaban J connectivity index is 1.97. The van der Waals surface area contributed by atoms with E-state index in [9.17, 15) is 14.7 Å². The molecule has 1 aliphatic heterocycles. The average molecular weight is 430 g/mol. The minimum atomic E-state index is -0.619. The van der Waals surface area contributed by atoms with Crippen molar-refractivity contribution in [2.75, 3.05) is 13.7 Å². The minimum absolute atomic E-state index is 0.00211. The molecule has 1 N–H and O–H groups in total. The Kier molecular flexibility index (Phi) is 4.19. The quantitative estimate of drug-likeness (QED) is 0.683. The number of benzene rings is 2. The highest BCUT2D eigenvalue weighted by Gasteiger charge is 2.40. The monoisotopic (exact) mass is 429 g/mol. The van der Waals surface area contributed by atoms with Crippen LogP contribution in [0.5, 0.6) is 11.5 Å². The number of aromatic hydroxyl groups is 1. The van der Waals surface area contributed by atoms with E-state index in [0.717, 1.165) is 4.47 Å². The van der Waals surface area contributed by atoms with Gasteiger partial charge in [-0.05, 0) is 42.8 Å². The maximum absolute atomic E-state index is 13.2. The first-order valence-electron chi connectivity index (χ1n) is 8.41. The highest BCUT2D eigenvalue weighted by Crippen LogP contribution is 2.39. The average Bonchev–Trinajstić information content (AvgIpc) is 2.90. The van der Waals surface area contributed by atoms with Crippen LogP contribution < -0.4 is 10.2 Å². The first-order valence-corrected chi connectivity index (χ1v) is 9.20. The van der Waals surface area contributed by atoms with Crippen LogP contribution in [0.4, 0.5) is 0 Å². The Hall–Kier alpha value is -2.80. The molecule has 4 rings (SSSR count). The summed E-state index contributed by atoms with van der Waals surface area (Å²) in [6, 6.07) is 9.30. The van der Waals surface area contributed by atoms with Crippen LogP contribution in [-0.4, -0.2) is 29.6 Å². The number of fused-ring (bicyclic) bond motifs is 2. The molecule has 0 radical (unpaired) electrons. The normalized spacial score (nSPS) is 16.0. The van der Waals surface area contributed by atoms with Gasteiger partial charge in [0.15, 0.2) is 16.9 Å². The summed E-state index contributed by atoms with van der Waals surface area (Å²) in [6.45, 7) is 2.19. The Morgan fingerprint density at radius 2 is 2.00 bits per heavy atom. The molecule has 7 heteroatoms. The van der Waals surface area contributed by atoms with Crippen LogP contribution in [0.2, 0.25) is 0 Å². The molecule has 1 amide bonds. The van der Waals surface area contributed by atoms with Gasteiger partial charge in [-0.25, -0.2) is 0 Å². The molecule has 1 atom stereocenters. The minimum Gasteiger partial charge on any atom is -0.504 e. The highest BCUT2D eigenvalue weighted by atomic mass is 79.9. The molecule has 0 aliphatic carbocycles. The molecular weight excluding hydrogens is 414 g/mol. The van der Waals surface area contributed by atoms with E-state index in [0.29, 0.717) is 34.5 Å². The number of ether oxygens (including phenoxy) is 1. The number of rotatable bonds is 3. The largest absolute Gasteiger partial charge is 0.504 e. The second kappa shape index (κ2) is 6.42. The van der Waals surface area contributed by atoms with Gasteiger partial charge in [0.05, 0.1) is 23.6 Å². The van der Waals surface area contributed by atoms with Crippen molar-refractivity contribution >= 4 is 32.8 Å². The van der Waals surface area contributed by atoms with Crippen molar-refractivity contribution in [3.05, 3.63) is 68.0 Å². The Morgan fingerprint density at radius 3 is 2.74 bits per heavy atom. The fraction of sp³-hybridized carbons (Fsp3) is 0.200. The third-order valence-electron chi connectivity index (χ3n) is 4.66. The van der Waals surface area contributed by atoms with E-state index in [-0.39, 0.29) is 22.8 Å². The number of amides is 1. The van der Waals surface area contributed by atoms with Gasteiger partial charge in [0.2, 0.25) is 5.76 Å². The summed E-state index contributed by atoms with van der Waals surface area (Å²) in [7, 11) is 1.62. The summed E-state index contributed by atoms with van der Waals surface area (Å²) in [6.07, 6.45) is 0. The summed E-state index contributed by atoms with van der Waals surface area (Å²) in [5.41, 5.74) is 1.07. The van der Waals surface area contributed by atoms with Crippen LogP contribution in [0.15, 0.2) is 50.1 Å². The van der Waals surface area contributed by atoms with Gasteiger partial charge in [0.1, 0.15) is 5.58 Å². The van der Waals surface area contributed by atoms with Crippen molar-refractivity contribution in [1.82, 2.24) is 4.90 Å². The van der Waals surface area contributed by atoms with Gasteiger partial charge < -0.3 is 19.2 Å². The summed E-state index contributed by atoms with van der Waals surface area (Å²) < 4.78 is 12.0. The van der Waals surface area contributed by atoms with Crippen molar-refractivity contribution in [3.63, 3.8) is 0 Å². The summed E-state index contributed by atoms with van der Waals surface area (Å²) in [5, 5.41) is 10.4. The van der Waals surface area contributed by atoms with Crippen molar-refractivity contribution in [2.24, 2.45) is 0 Å². The molecule has 27 heavy (non-hydrogen) atoms. The zero-order valence-corrected chi connectivity index (χ0v) is 16.2. The second-order valence-corrected chi connectivity index (χ2v) is 7.21. The van der Waals surface area contributed by atoms with Crippen molar-refractivity contribution in [1.29, 1.82) is 0 Å². The molecule has 0 fully saturated rings. The number of halogens is 1. The van der Waals surface area contributed by atoms with Crippen molar-refractivity contribution in [2.45, 2.75) is 13.0 Å². The zero-order chi connectivity index (χ0) is 19.3. The third-order valence-corrected chi connectivity index (χ3v) is 5.16. The molecule has 1 unspecified atom stereocenters. The van der Waals surface area contributed by atoms with Crippen molar-refractivity contribution in [3.8, 4) is 11.5 Å². The number of phenolic OH excluding ortho intramolecular Hbond substituents is 1. The van der Waals surface area contributed by atoms with E-state index in [2.05, 4.69) is 15.9 Å². The van der Waals surface area contributed by atoms with E-state index in [4.69, 9.17) is 9.15 Å². The van der Waals surface area contributed by atoms with Crippen molar-refractivity contribution < 1.29 is 19.1 Å². The lowest BCUT2D eigenvalue weighted by Gasteiger charge is -2.21. The maximum atomic E-state index is 13.2. The Bertz CT molecular complexity index is 1140. The van der Waals surface area contributed by atoms with Crippen LogP contribution in [0.25, 0.3) is 11.0 Å². The molecule has 6 nitrogen and oxygen atoms in total. The highest BCUT2D eigenvalue weighted by molar-refractivity contribution is 9.10. The smallest absolute Gasteiger partial charge is 0.290 e. The predicted molar refractivity (Wildman–Crippen MR) is 103 cm³/mol. The number of phenols is 1. The number of carbonyl (C=O) groups is 1. The molecule has 1 aliphatic rings. The molecule has 0 spiro atoms. The van der Waals surface area contributed by atoms with E-state index in [1.807, 2.05) is 6.92 Å².